The molecule has 0 radical (unpaired) electrons. The summed E-state index contributed by atoms with van der Waals surface area (Å²) in [5.74, 6) is -0.0721. The van der Waals surface area contributed by atoms with E-state index in [9.17, 15) is 4.79 Å². The Morgan fingerprint density at radius 3 is 2.83 bits per heavy atom. The van der Waals surface area contributed by atoms with Gasteiger partial charge in [0.2, 0.25) is 5.95 Å². The maximum absolute atomic E-state index is 12.0. The maximum atomic E-state index is 12.0. The smallest absolute Gasteiger partial charge is 0.258 e. The standard InChI is InChI=1S/C12H9BrClN3O/c1-7-6-8(13)2-3-9(7)11(18)17-12-15-5-4-10(14)16-12/h2-6H,1H3,(H,15,16,17,18). The molecule has 0 spiro atoms. The van der Waals surface area contributed by atoms with Gasteiger partial charge in [-0.3, -0.25) is 10.1 Å². The first-order valence-electron chi connectivity index (χ1n) is 5.12. The van der Waals surface area contributed by atoms with Gasteiger partial charge in [-0.15, -0.1) is 0 Å². The molecule has 1 aromatic carbocycles. The van der Waals surface area contributed by atoms with Gasteiger partial charge in [0, 0.05) is 16.2 Å². The van der Waals surface area contributed by atoms with Crippen LogP contribution in [-0.2, 0) is 0 Å². The molecule has 0 aliphatic heterocycles. The highest BCUT2D eigenvalue weighted by Gasteiger charge is 2.10. The van der Waals surface area contributed by atoms with Crippen LogP contribution in [0.1, 0.15) is 15.9 Å². The molecule has 1 amide bonds. The van der Waals surface area contributed by atoms with Crippen molar-refractivity contribution in [3.8, 4) is 0 Å². The summed E-state index contributed by atoms with van der Waals surface area (Å²) in [6.45, 7) is 1.86. The second kappa shape index (κ2) is 5.46. The minimum absolute atomic E-state index is 0.190. The molecule has 0 saturated heterocycles. The molecule has 0 fully saturated rings. The third-order valence-electron chi connectivity index (χ3n) is 2.28. The van der Waals surface area contributed by atoms with Gasteiger partial charge < -0.3 is 0 Å². The largest absolute Gasteiger partial charge is 0.290 e. The summed E-state index contributed by atoms with van der Waals surface area (Å²) >= 11 is 9.07. The van der Waals surface area contributed by atoms with Crippen LogP contribution >= 0.6 is 27.5 Å². The van der Waals surface area contributed by atoms with Crippen LogP contribution < -0.4 is 5.32 Å². The van der Waals surface area contributed by atoms with Crippen molar-refractivity contribution in [2.24, 2.45) is 0 Å². The fourth-order valence-electron chi connectivity index (χ4n) is 1.45. The second-order valence-corrected chi connectivity index (χ2v) is 4.92. The number of nitrogens with zero attached hydrogens (tertiary/aromatic N) is 2. The fraction of sp³-hybridized carbons (Fsp3) is 0.0833. The Kier molecular flexibility index (Phi) is 3.93. The van der Waals surface area contributed by atoms with Crippen LogP contribution in [0.5, 0.6) is 0 Å². The molecule has 2 rings (SSSR count). The molecule has 0 saturated carbocycles. The number of aryl methyl sites for hydroxylation is 1. The van der Waals surface area contributed by atoms with E-state index in [0.29, 0.717) is 5.56 Å². The van der Waals surface area contributed by atoms with Crippen molar-refractivity contribution in [3.63, 3.8) is 0 Å². The minimum atomic E-state index is -0.262. The molecule has 92 valence electrons. The Hall–Kier alpha value is -1.46. The van der Waals surface area contributed by atoms with E-state index >= 15 is 0 Å². The summed E-state index contributed by atoms with van der Waals surface area (Å²) < 4.78 is 0.926. The molecule has 1 aromatic heterocycles. The SMILES string of the molecule is Cc1cc(Br)ccc1C(=O)Nc1nccc(Cl)n1. The molecule has 4 nitrogen and oxygen atoms in total. The van der Waals surface area contributed by atoms with E-state index in [1.807, 2.05) is 13.0 Å². The molecule has 2 aromatic rings. The van der Waals surface area contributed by atoms with Crippen LogP contribution in [0.15, 0.2) is 34.9 Å². The molecule has 0 aliphatic rings. The first-order valence-corrected chi connectivity index (χ1v) is 6.29. The predicted octanol–water partition coefficient (Wildman–Crippen LogP) is 3.45. The average molecular weight is 327 g/mol. The maximum Gasteiger partial charge on any atom is 0.258 e. The van der Waals surface area contributed by atoms with Crippen LogP contribution in [0, 0.1) is 6.92 Å². The van der Waals surface area contributed by atoms with Crippen LogP contribution in [0.25, 0.3) is 0 Å². The number of anilines is 1. The van der Waals surface area contributed by atoms with Crippen molar-refractivity contribution in [3.05, 3.63) is 51.2 Å². The normalized spacial score (nSPS) is 10.2. The lowest BCUT2D eigenvalue weighted by atomic mass is 10.1. The lowest BCUT2D eigenvalue weighted by Gasteiger charge is -2.06. The number of benzene rings is 1. The summed E-state index contributed by atoms with van der Waals surface area (Å²) in [5.41, 5.74) is 1.44. The zero-order valence-electron chi connectivity index (χ0n) is 9.45. The lowest BCUT2D eigenvalue weighted by molar-refractivity contribution is 0.102. The van der Waals surface area contributed by atoms with Crippen molar-refractivity contribution in [2.45, 2.75) is 6.92 Å². The number of amides is 1. The topological polar surface area (TPSA) is 54.9 Å². The number of carbonyl (C=O) groups excluding carboxylic acids is 1. The molecular formula is C12H9BrClN3O. The highest BCUT2D eigenvalue weighted by Crippen LogP contribution is 2.17. The van der Waals surface area contributed by atoms with Crippen molar-refractivity contribution < 1.29 is 4.79 Å². The zero-order valence-corrected chi connectivity index (χ0v) is 11.8. The van der Waals surface area contributed by atoms with Gasteiger partial charge in [0.05, 0.1) is 0 Å². The average Bonchev–Trinajstić information content (AvgIpc) is 2.28. The molecule has 1 heterocycles. The summed E-state index contributed by atoms with van der Waals surface area (Å²) in [6.07, 6.45) is 1.49. The van der Waals surface area contributed by atoms with Gasteiger partial charge >= 0.3 is 0 Å². The van der Waals surface area contributed by atoms with Crippen molar-refractivity contribution in [1.29, 1.82) is 0 Å². The molecule has 0 aliphatic carbocycles. The van der Waals surface area contributed by atoms with Crippen LogP contribution in [0.3, 0.4) is 0 Å². The van der Waals surface area contributed by atoms with Gasteiger partial charge in [-0.2, -0.15) is 0 Å². The molecular weight excluding hydrogens is 318 g/mol. The molecule has 0 atom stereocenters. The number of nitrogens with one attached hydrogen (secondary N) is 1. The van der Waals surface area contributed by atoms with E-state index in [2.05, 4.69) is 31.2 Å². The molecule has 0 unspecified atom stereocenters. The molecule has 18 heavy (non-hydrogen) atoms. The van der Waals surface area contributed by atoms with E-state index in [1.165, 1.54) is 6.20 Å². The van der Waals surface area contributed by atoms with Crippen LogP contribution in [-0.4, -0.2) is 15.9 Å². The third-order valence-corrected chi connectivity index (χ3v) is 2.98. The Labute approximate surface area is 118 Å². The van der Waals surface area contributed by atoms with Gasteiger partial charge in [0.25, 0.3) is 5.91 Å². The van der Waals surface area contributed by atoms with E-state index in [-0.39, 0.29) is 17.0 Å². The van der Waals surface area contributed by atoms with Gasteiger partial charge in [0.1, 0.15) is 5.15 Å². The van der Waals surface area contributed by atoms with Crippen LogP contribution in [0.4, 0.5) is 5.95 Å². The summed E-state index contributed by atoms with van der Waals surface area (Å²) in [7, 11) is 0. The van der Waals surface area contributed by atoms with Crippen molar-refractivity contribution >= 4 is 39.4 Å². The number of aromatic nitrogens is 2. The number of hydrogen-bond donors (Lipinski definition) is 1. The highest BCUT2D eigenvalue weighted by atomic mass is 79.9. The Morgan fingerprint density at radius 1 is 1.39 bits per heavy atom. The monoisotopic (exact) mass is 325 g/mol. The quantitative estimate of drug-likeness (QED) is 0.860. The summed E-state index contributed by atoms with van der Waals surface area (Å²) in [6, 6.07) is 6.95. The number of rotatable bonds is 2. The number of carbonyl (C=O) groups is 1. The van der Waals surface area contributed by atoms with Gasteiger partial charge in [-0.05, 0) is 36.8 Å². The van der Waals surface area contributed by atoms with E-state index < -0.39 is 0 Å². The van der Waals surface area contributed by atoms with Gasteiger partial charge in [-0.1, -0.05) is 27.5 Å². The van der Waals surface area contributed by atoms with Gasteiger partial charge in [-0.25, -0.2) is 9.97 Å². The number of hydrogen-bond acceptors (Lipinski definition) is 3. The molecule has 6 heteroatoms. The lowest BCUT2D eigenvalue weighted by Crippen LogP contribution is -2.15. The fourth-order valence-corrected chi connectivity index (χ4v) is 2.06. The van der Waals surface area contributed by atoms with Crippen LogP contribution in [0.2, 0.25) is 5.15 Å². The summed E-state index contributed by atoms with van der Waals surface area (Å²) in [5, 5.41) is 2.88. The number of halogens is 2. The Morgan fingerprint density at radius 2 is 2.17 bits per heavy atom. The van der Waals surface area contributed by atoms with Gasteiger partial charge in [0.15, 0.2) is 0 Å². The van der Waals surface area contributed by atoms with E-state index in [4.69, 9.17) is 11.6 Å². The highest BCUT2D eigenvalue weighted by molar-refractivity contribution is 9.10. The first kappa shape index (κ1) is 13.0. The van der Waals surface area contributed by atoms with E-state index in [1.54, 1.807) is 18.2 Å². The summed E-state index contributed by atoms with van der Waals surface area (Å²) in [4.78, 5) is 19.8. The zero-order chi connectivity index (χ0) is 13.1. The minimum Gasteiger partial charge on any atom is -0.290 e. The third kappa shape index (κ3) is 3.05. The molecule has 1 N–H and O–H groups in total. The Balaban J connectivity index is 2.22. The predicted molar refractivity (Wildman–Crippen MR) is 73.9 cm³/mol. The molecule has 0 bridgehead atoms. The second-order valence-electron chi connectivity index (χ2n) is 3.62. The first-order chi connectivity index (χ1) is 8.56. The van der Waals surface area contributed by atoms with Crippen molar-refractivity contribution in [1.82, 2.24) is 9.97 Å². The van der Waals surface area contributed by atoms with E-state index in [0.717, 1.165) is 10.0 Å². The van der Waals surface area contributed by atoms with Crippen molar-refractivity contribution in [2.75, 3.05) is 5.32 Å². The Bertz CT molecular complexity index is 604.